The van der Waals surface area contributed by atoms with Crippen molar-refractivity contribution in [2.75, 3.05) is 6.61 Å². The van der Waals surface area contributed by atoms with Gasteiger partial charge in [0, 0.05) is 10.8 Å². The standard InChI is InChI=1S/C24H25FN4O5S/c1-12(34-15-5-7-18(27-10-15)22(31)13-2-3-13)21-9-19(29-35-21)14-4-6-16(17(25)8-14)24(33)28-20(11-30)23(26)32/h4-10,12-13,19-20,29-30H,2-3,11H2,1H3,(H2,26,32)(H,28,33). The van der Waals surface area contributed by atoms with Gasteiger partial charge in [-0.2, -0.15) is 0 Å². The topological polar surface area (TPSA) is 144 Å². The first-order valence-corrected chi connectivity index (χ1v) is 11.9. The SMILES string of the molecule is CC(Oc1ccc(C(=O)C2CC2)nc1)C1=CC(c2ccc(C(=O)NC(CO)C(N)=O)c(F)c2)NS1. The number of nitrogens with one attached hydrogen (secondary N) is 2. The molecule has 1 fully saturated rings. The van der Waals surface area contributed by atoms with E-state index in [0.29, 0.717) is 17.0 Å². The number of carbonyl (C=O) groups excluding carboxylic acids is 3. The maximum atomic E-state index is 14.6. The predicted octanol–water partition coefficient (Wildman–Crippen LogP) is 2.03. The normalized spacial score (nSPS) is 18.9. The zero-order valence-electron chi connectivity index (χ0n) is 18.9. The molecule has 2 amide bonds. The van der Waals surface area contributed by atoms with E-state index in [1.54, 1.807) is 18.2 Å². The average molecular weight is 501 g/mol. The average Bonchev–Trinajstić information content (AvgIpc) is 3.57. The molecule has 1 aromatic carbocycles. The van der Waals surface area contributed by atoms with Crippen molar-refractivity contribution in [3.05, 3.63) is 70.1 Å². The molecule has 1 aromatic heterocycles. The van der Waals surface area contributed by atoms with Crippen molar-refractivity contribution in [3.63, 3.8) is 0 Å². The number of hydrogen-bond acceptors (Lipinski definition) is 8. The number of aliphatic hydroxyl groups is 1. The van der Waals surface area contributed by atoms with Crippen molar-refractivity contribution in [1.29, 1.82) is 0 Å². The number of pyridine rings is 1. The summed E-state index contributed by atoms with van der Waals surface area (Å²) in [6.45, 7) is 1.19. The van der Waals surface area contributed by atoms with Gasteiger partial charge in [-0.15, -0.1) is 0 Å². The second-order valence-electron chi connectivity index (χ2n) is 8.39. The molecule has 4 rings (SSSR count). The van der Waals surface area contributed by atoms with E-state index in [4.69, 9.17) is 15.6 Å². The Kier molecular flexibility index (Phi) is 7.48. The lowest BCUT2D eigenvalue weighted by molar-refractivity contribution is -0.120. The lowest BCUT2D eigenvalue weighted by Crippen LogP contribution is -2.47. The van der Waals surface area contributed by atoms with E-state index in [0.717, 1.165) is 17.7 Å². The monoisotopic (exact) mass is 500 g/mol. The third kappa shape index (κ3) is 5.87. The van der Waals surface area contributed by atoms with Gasteiger partial charge in [0.05, 0.1) is 24.4 Å². The minimum Gasteiger partial charge on any atom is -0.484 e. The van der Waals surface area contributed by atoms with Gasteiger partial charge in [-0.05, 0) is 67.6 Å². The number of rotatable bonds is 10. The highest BCUT2D eigenvalue weighted by molar-refractivity contribution is 8.01. The van der Waals surface area contributed by atoms with Gasteiger partial charge >= 0.3 is 0 Å². The summed E-state index contributed by atoms with van der Waals surface area (Å²) in [5, 5.41) is 11.3. The maximum Gasteiger partial charge on any atom is 0.254 e. The van der Waals surface area contributed by atoms with Crippen LogP contribution in [0.5, 0.6) is 5.75 Å². The first-order valence-electron chi connectivity index (χ1n) is 11.1. The Labute approximate surface area is 205 Å². The second-order valence-corrected chi connectivity index (χ2v) is 9.31. The zero-order valence-corrected chi connectivity index (χ0v) is 19.7. The Morgan fingerprint density at radius 2 is 2.09 bits per heavy atom. The van der Waals surface area contributed by atoms with Crippen molar-refractivity contribution < 1.29 is 28.6 Å². The van der Waals surface area contributed by atoms with E-state index in [9.17, 15) is 18.8 Å². The summed E-state index contributed by atoms with van der Waals surface area (Å²) in [6, 6.07) is 5.92. The molecule has 0 saturated heterocycles. The summed E-state index contributed by atoms with van der Waals surface area (Å²) in [7, 11) is 0. The second kappa shape index (κ2) is 10.5. The predicted molar refractivity (Wildman–Crippen MR) is 127 cm³/mol. The Morgan fingerprint density at radius 1 is 1.31 bits per heavy atom. The maximum absolute atomic E-state index is 14.6. The fourth-order valence-corrected chi connectivity index (χ4v) is 4.40. The molecule has 0 radical (unpaired) electrons. The summed E-state index contributed by atoms with van der Waals surface area (Å²) in [5.41, 5.74) is 5.86. The fourth-order valence-electron chi connectivity index (χ4n) is 3.51. The molecule has 2 aliphatic rings. The number of primary amides is 1. The molecular weight excluding hydrogens is 475 g/mol. The van der Waals surface area contributed by atoms with Crippen LogP contribution >= 0.6 is 11.9 Å². The van der Waals surface area contributed by atoms with Gasteiger partial charge in [0.15, 0.2) is 5.78 Å². The minimum absolute atomic E-state index is 0.0718. The number of ketones is 1. The van der Waals surface area contributed by atoms with E-state index >= 15 is 0 Å². The number of halogens is 1. The summed E-state index contributed by atoms with van der Waals surface area (Å²) in [6.07, 6.45) is 4.97. The molecule has 3 unspecified atom stereocenters. The third-order valence-electron chi connectivity index (χ3n) is 5.71. The Hall–Kier alpha value is -3.28. The molecule has 1 aliphatic carbocycles. The molecular formula is C24H25FN4O5S. The van der Waals surface area contributed by atoms with Gasteiger partial charge < -0.3 is 20.9 Å². The van der Waals surface area contributed by atoms with Crippen molar-refractivity contribution in [3.8, 4) is 5.75 Å². The van der Waals surface area contributed by atoms with Crippen molar-refractivity contribution >= 4 is 29.5 Å². The molecule has 3 atom stereocenters. The molecule has 0 spiro atoms. The smallest absolute Gasteiger partial charge is 0.254 e. The van der Waals surface area contributed by atoms with E-state index in [-0.39, 0.29) is 29.4 Å². The molecule has 184 valence electrons. The van der Waals surface area contributed by atoms with Crippen LogP contribution in [-0.4, -0.2) is 46.4 Å². The highest BCUT2D eigenvalue weighted by Crippen LogP contribution is 2.35. The number of aromatic nitrogens is 1. The van der Waals surface area contributed by atoms with Crippen LogP contribution in [0.15, 0.2) is 47.5 Å². The van der Waals surface area contributed by atoms with Crippen molar-refractivity contribution in [1.82, 2.24) is 15.0 Å². The number of nitrogens with zero attached hydrogens (tertiary/aromatic N) is 1. The van der Waals surface area contributed by atoms with Crippen LogP contribution in [0.1, 0.15) is 52.2 Å². The highest BCUT2D eigenvalue weighted by Gasteiger charge is 2.31. The van der Waals surface area contributed by atoms with Crippen LogP contribution in [0, 0.1) is 11.7 Å². The van der Waals surface area contributed by atoms with E-state index in [2.05, 4.69) is 15.0 Å². The number of hydrogen-bond donors (Lipinski definition) is 4. The molecule has 9 nitrogen and oxygen atoms in total. The Bertz CT molecular complexity index is 1170. The largest absolute Gasteiger partial charge is 0.484 e. The third-order valence-corrected chi connectivity index (χ3v) is 6.79. The van der Waals surface area contributed by atoms with Gasteiger partial charge in [0.25, 0.3) is 5.91 Å². The fraction of sp³-hybridized carbons (Fsp3) is 0.333. The van der Waals surface area contributed by atoms with Gasteiger partial charge in [-0.25, -0.2) is 14.1 Å². The van der Waals surface area contributed by atoms with Crippen molar-refractivity contribution in [2.24, 2.45) is 11.7 Å². The molecule has 2 aromatic rings. The molecule has 11 heteroatoms. The minimum atomic E-state index is -1.30. The Morgan fingerprint density at radius 3 is 2.69 bits per heavy atom. The molecule has 0 bridgehead atoms. The van der Waals surface area contributed by atoms with E-state index in [1.807, 2.05) is 13.0 Å². The first-order chi connectivity index (χ1) is 16.8. The zero-order chi connectivity index (χ0) is 25.1. The first kappa shape index (κ1) is 24.8. The number of aliphatic hydroxyl groups excluding tert-OH is 1. The number of Topliss-reactive ketones (excluding diaryl/α,β-unsaturated/α-hetero) is 1. The summed E-state index contributed by atoms with van der Waals surface area (Å²) >= 11 is 1.35. The molecule has 1 aliphatic heterocycles. The highest BCUT2D eigenvalue weighted by atomic mass is 32.2. The van der Waals surface area contributed by atoms with Gasteiger partial charge in [0.2, 0.25) is 5.91 Å². The molecule has 1 saturated carbocycles. The number of ether oxygens (including phenoxy) is 1. The number of benzene rings is 1. The number of amides is 2. The molecule has 35 heavy (non-hydrogen) atoms. The quantitative estimate of drug-likeness (QED) is 0.287. The summed E-state index contributed by atoms with van der Waals surface area (Å²) < 4.78 is 23.8. The lowest BCUT2D eigenvalue weighted by atomic mass is 10.0. The van der Waals surface area contributed by atoms with E-state index < -0.39 is 30.3 Å². The van der Waals surface area contributed by atoms with Gasteiger partial charge in [-0.1, -0.05) is 6.07 Å². The molecule has 2 heterocycles. The van der Waals surface area contributed by atoms with E-state index in [1.165, 1.54) is 30.3 Å². The van der Waals surface area contributed by atoms with Crippen molar-refractivity contribution in [2.45, 2.75) is 38.0 Å². The van der Waals surface area contributed by atoms with Crippen LogP contribution in [0.2, 0.25) is 0 Å². The number of carbonyl (C=O) groups is 3. The van der Waals surface area contributed by atoms with Crippen LogP contribution < -0.4 is 20.5 Å². The van der Waals surface area contributed by atoms with Gasteiger partial charge in [0.1, 0.15) is 29.4 Å². The number of nitrogens with two attached hydrogens (primary N) is 1. The van der Waals surface area contributed by atoms with Crippen LogP contribution in [0.4, 0.5) is 4.39 Å². The Balaban J connectivity index is 1.38. The van der Waals surface area contributed by atoms with Gasteiger partial charge in [-0.3, -0.25) is 14.4 Å². The van der Waals surface area contributed by atoms with Crippen LogP contribution in [0.3, 0.4) is 0 Å². The summed E-state index contributed by atoms with van der Waals surface area (Å²) in [4.78, 5) is 40.6. The molecule has 5 N–H and O–H groups in total. The lowest BCUT2D eigenvalue weighted by Gasteiger charge is -2.14. The summed E-state index contributed by atoms with van der Waals surface area (Å²) in [5.74, 6) is -1.83. The van der Waals surface area contributed by atoms with Crippen LogP contribution in [0.25, 0.3) is 0 Å². The van der Waals surface area contributed by atoms with Crippen LogP contribution in [-0.2, 0) is 4.79 Å².